The van der Waals surface area contributed by atoms with Gasteiger partial charge in [0.1, 0.15) is 12.7 Å². The molecule has 0 fully saturated rings. The molecule has 0 aliphatic carbocycles. The smallest absolute Gasteiger partial charge is 0.255 e. The van der Waals surface area contributed by atoms with Crippen molar-refractivity contribution in [3.05, 3.63) is 66.2 Å². The van der Waals surface area contributed by atoms with E-state index in [1.165, 1.54) is 0 Å². The number of hydrogen-bond acceptors (Lipinski definition) is 5. The van der Waals surface area contributed by atoms with Crippen LogP contribution in [0.4, 0.5) is 11.4 Å². The summed E-state index contributed by atoms with van der Waals surface area (Å²) < 4.78 is 1.72. The number of carbonyl (C=O) groups is 2. The monoisotopic (exact) mass is 378 g/mol. The highest BCUT2D eigenvalue weighted by Gasteiger charge is 2.11. The lowest BCUT2D eigenvalue weighted by Gasteiger charge is -2.14. The Labute approximate surface area is 163 Å². The van der Waals surface area contributed by atoms with E-state index in [0.717, 1.165) is 11.3 Å². The lowest BCUT2D eigenvalue weighted by Crippen LogP contribution is -2.27. The normalized spacial score (nSPS) is 10.7. The van der Waals surface area contributed by atoms with Crippen LogP contribution in [-0.2, 0) is 4.79 Å². The Bertz CT molecular complexity index is 982. The molecule has 0 atom stereocenters. The van der Waals surface area contributed by atoms with Crippen molar-refractivity contribution < 1.29 is 9.59 Å². The molecule has 0 spiro atoms. The molecule has 0 saturated carbocycles. The molecule has 3 rings (SSSR count). The Kier molecular flexibility index (Phi) is 5.81. The van der Waals surface area contributed by atoms with Gasteiger partial charge in [-0.3, -0.25) is 14.2 Å². The van der Waals surface area contributed by atoms with Crippen LogP contribution in [0.5, 0.6) is 0 Å². The van der Waals surface area contributed by atoms with Gasteiger partial charge >= 0.3 is 0 Å². The predicted molar refractivity (Wildman–Crippen MR) is 108 cm³/mol. The molecule has 2 N–H and O–H groups in total. The molecule has 1 heterocycles. The first-order chi connectivity index (χ1) is 13.4. The maximum absolute atomic E-state index is 12.7. The maximum Gasteiger partial charge on any atom is 0.255 e. The molecule has 8 nitrogen and oxygen atoms in total. The number of benzene rings is 2. The molecule has 1 aromatic heterocycles. The van der Waals surface area contributed by atoms with Gasteiger partial charge in [-0.15, -0.1) is 10.2 Å². The zero-order valence-electron chi connectivity index (χ0n) is 16.0. The van der Waals surface area contributed by atoms with E-state index in [-0.39, 0.29) is 18.4 Å². The summed E-state index contributed by atoms with van der Waals surface area (Å²) >= 11 is 0. The summed E-state index contributed by atoms with van der Waals surface area (Å²) in [7, 11) is 3.66. The average molecular weight is 378 g/mol. The van der Waals surface area contributed by atoms with Crippen LogP contribution in [0.3, 0.4) is 0 Å². The van der Waals surface area contributed by atoms with Crippen molar-refractivity contribution in [3.8, 4) is 5.69 Å². The molecule has 28 heavy (non-hydrogen) atoms. The fourth-order valence-electron chi connectivity index (χ4n) is 2.66. The molecule has 0 saturated heterocycles. The molecule has 0 aliphatic heterocycles. The standard InChI is InChI=1S/C20H22N6O2/c1-14-7-8-16(10-18(14)24-19(27)11-25(2)3)23-20(28)15-5-4-6-17(9-15)26-12-21-22-13-26/h4-10,12-13H,11H2,1-3H3,(H,23,28)(H,24,27). The van der Waals surface area contributed by atoms with Crippen LogP contribution in [0.25, 0.3) is 5.69 Å². The summed E-state index contributed by atoms with van der Waals surface area (Å²) in [5.41, 5.74) is 3.48. The van der Waals surface area contributed by atoms with E-state index < -0.39 is 0 Å². The van der Waals surface area contributed by atoms with Crippen molar-refractivity contribution in [2.75, 3.05) is 31.3 Å². The van der Waals surface area contributed by atoms with Crippen molar-refractivity contribution in [3.63, 3.8) is 0 Å². The van der Waals surface area contributed by atoms with Gasteiger partial charge in [0.25, 0.3) is 5.91 Å². The van der Waals surface area contributed by atoms with Crippen LogP contribution in [-0.4, -0.2) is 52.1 Å². The summed E-state index contributed by atoms with van der Waals surface area (Å²) in [6, 6.07) is 12.6. The van der Waals surface area contributed by atoms with E-state index in [1.54, 1.807) is 52.5 Å². The first-order valence-electron chi connectivity index (χ1n) is 8.74. The second-order valence-corrected chi connectivity index (χ2v) is 6.69. The second kappa shape index (κ2) is 8.45. The minimum absolute atomic E-state index is 0.113. The van der Waals surface area contributed by atoms with Crippen LogP contribution in [0.2, 0.25) is 0 Å². The molecule has 3 aromatic rings. The van der Waals surface area contributed by atoms with Crippen LogP contribution in [0, 0.1) is 6.92 Å². The van der Waals surface area contributed by atoms with Crippen molar-refractivity contribution in [1.82, 2.24) is 19.7 Å². The number of carbonyl (C=O) groups excluding carboxylic acids is 2. The van der Waals surface area contributed by atoms with Crippen molar-refractivity contribution in [2.24, 2.45) is 0 Å². The van der Waals surface area contributed by atoms with E-state index in [0.29, 0.717) is 16.9 Å². The van der Waals surface area contributed by atoms with Gasteiger partial charge in [0.05, 0.1) is 6.54 Å². The highest BCUT2D eigenvalue weighted by molar-refractivity contribution is 6.05. The first-order valence-corrected chi connectivity index (χ1v) is 8.74. The molecule has 2 amide bonds. The number of amides is 2. The number of anilines is 2. The fraction of sp³-hybridized carbons (Fsp3) is 0.200. The topological polar surface area (TPSA) is 92.1 Å². The van der Waals surface area contributed by atoms with Crippen molar-refractivity contribution in [2.45, 2.75) is 6.92 Å². The molecular formula is C20H22N6O2. The molecular weight excluding hydrogens is 356 g/mol. The number of hydrogen-bond donors (Lipinski definition) is 2. The second-order valence-electron chi connectivity index (χ2n) is 6.69. The van der Waals surface area contributed by atoms with Crippen molar-refractivity contribution >= 4 is 23.2 Å². The van der Waals surface area contributed by atoms with Gasteiger partial charge in [-0.25, -0.2) is 0 Å². The number of likely N-dealkylation sites (N-methyl/N-ethyl adjacent to an activating group) is 1. The summed E-state index contributed by atoms with van der Waals surface area (Å²) in [6.07, 6.45) is 3.14. The minimum Gasteiger partial charge on any atom is -0.325 e. The molecule has 0 bridgehead atoms. The number of rotatable bonds is 6. The molecule has 2 aromatic carbocycles. The number of aromatic nitrogens is 3. The van der Waals surface area contributed by atoms with E-state index in [4.69, 9.17) is 0 Å². The summed E-state index contributed by atoms with van der Waals surface area (Å²) in [5.74, 6) is -0.359. The Morgan fingerprint density at radius 1 is 1.04 bits per heavy atom. The van der Waals surface area contributed by atoms with Crippen LogP contribution < -0.4 is 10.6 Å². The van der Waals surface area contributed by atoms with E-state index >= 15 is 0 Å². The molecule has 8 heteroatoms. The summed E-state index contributed by atoms with van der Waals surface area (Å²) in [5, 5.41) is 13.3. The fourth-order valence-corrected chi connectivity index (χ4v) is 2.66. The van der Waals surface area contributed by atoms with Gasteiger partial charge in [0, 0.05) is 22.6 Å². The third-order valence-electron chi connectivity index (χ3n) is 4.05. The quantitative estimate of drug-likeness (QED) is 0.687. The number of nitrogens with zero attached hydrogens (tertiary/aromatic N) is 4. The predicted octanol–water partition coefficient (Wildman–Crippen LogP) is 2.33. The summed E-state index contributed by atoms with van der Waals surface area (Å²) in [4.78, 5) is 26.5. The van der Waals surface area contributed by atoms with Gasteiger partial charge in [-0.2, -0.15) is 0 Å². The third kappa shape index (κ3) is 4.80. The lowest BCUT2D eigenvalue weighted by molar-refractivity contribution is -0.116. The van der Waals surface area contributed by atoms with E-state index in [2.05, 4.69) is 20.8 Å². The highest BCUT2D eigenvalue weighted by Crippen LogP contribution is 2.21. The Morgan fingerprint density at radius 3 is 2.50 bits per heavy atom. The first kappa shape index (κ1) is 19.2. The zero-order valence-corrected chi connectivity index (χ0v) is 16.0. The van der Waals surface area contributed by atoms with Gasteiger partial charge in [-0.1, -0.05) is 12.1 Å². The van der Waals surface area contributed by atoms with Gasteiger partial charge in [0.2, 0.25) is 5.91 Å². The summed E-state index contributed by atoms with van der Waals surface area (Å²) in [6.45, 7) is 2.19. The third-order valence-corrected chi connectivity index (χ3v) is 4.05. The molecule has 0 unspecified atom stereocenters. The number of nitrogens with one attached hydrogen (secondary N) is 2. The SMILES string of the molecule is Cc1ccc(NC(=O)c2cccc(-n3cnnc3)c2)cc1NC(=O)CN(C)C. The maximum atomic E-state index is 12.7. The van der Waals surface area contributed by atoms with Crippen LogP contribution in [0.1, 0.15) is 15.9 Å². The van der Waals surface area contributed by atoms with Crippen molar-refractivity contribution in [1.29, 1.82) is 0 Å². The van der Waals surface area contributed by atoms with E-state index in [1.807, 2.05) is 33.2 Å². The van der Waals surface area contributed by atoms with Gasteiger partial charge < -0.3 is 15.5 Å². The van der Waals surface area contributed by atoms with Crippen LogP contribution >= 0.6 is 0 Å². The minimum atomic E-state index is -0.246. The zero-order chi connectivity index (χ0) is 20.1. The van der Waals surface area contributed by atoms with Gasteiger partial charge in [-0.05, 0) is 56.9 Å². The Morgan fingerprint density at radius 2 is 1.79 bits per heavy atom. The molecule has 144 valence electrons. The molecule has 0 aliphatic rings. The largest absolute Gasteiger partial charge is 0.325 e. The van der Waals surface area contributed by atoms with Crippen LogP contribution in [0.15, 0.2) is 55.1 Å². The van der Waals surface area contributed by atoms with E-state index in [9.17, 15) is 9.59 Å². The molecule has 0 radical (unpaired) electrons. The lowest BCUT2D eigenvalue weighted by atomic mass is 10.1. The average Bonchev–Trinajstić information content (AvgIpc) is 3.18. The Hall–Kier alpha value is -3.52. The van der Waals surface area contributed by atoms with Gasteiger partial charge in [0.15, 0.2) is 0 Å². The number of aryl methyl sites for hydroxylation is 1. The Balaban J connectivity index is 1.75. The highest BCUT2D eigenvalue weighted by atomic mass is 16.2.